The van der Waals surface area contributed by atoms with Gasteiger partial charge in [0.15, 0.2) is 0 Å². The number of aromatic nitrogens is 2. The van der Waals surface area contributed by atoms with Gasteiger partial charge in [-0.3, -0.25) is 14.5 Å². The predicted molar refractivity (Wildman–Crippen MR) is 125 cm³/mol. The number of nitrogens with one attached hydrogen (secondary N) is 2. The Morgan fingerprint density at radius 2 is 2.09 bits per heavy atom. The summed E-state index contributed by atoms with van der Waals surface area (Å²) in [4.78, 5) is 43.3. The smallest absolute Gasteiger partial charge is 0.414 e. The lowest BCUT2D eigenvalue weighted by Gasteiger charge is -2.20. The molecule has 2 aromatic carbocycles. The van der Waals surface area contributed by atoms with Crippen LogP contribution in [0.2, 0.25) is 0 Å². The first-order valence-corrected chi connectivity index (χ1v) is 11.8. The second-order valence-electron chi connectivity index (χ2n) is 8.35. The highest BCUT2D eigenvalue weighted by Gasteiger charge is 2.33. The number of fused-ring (bicyclic) bond motifs is 1. The number of nitrogens with zero attached hydrogens (tertiary/aromatic N) is 3. The third kappa shape index (κ3) is 3.55. The zero-order chi connectivity index (χ0) is 22.5. The molecule has 1 saturated heterocycles. The molecule has 3 aromatic rings. The quantitative estimate of drug-likeness (QED) is 0.599. The molecular weight excluding hydrogens is 442 g/mol. The van der Waals surface area contributed by atoms with E-state index in [9.17, 15) is 14.4 Å². The molecule has 168 valence electrons. The van der Waals surface area contributed by atoms with Crippen LogP contribution in [-0.2, 0) is 16.1 Å². The Balaban J connectivity index is 1.10. The van der Waals surface area contributed by atoms with Crippen LogP contribution in [0.1, 0.15) is 18.0 Å². The first-order chi connectivity index (χ1) is 16.1. The van der Waals surface area contributed by atoms with E-state index in [1.807, 2.05) is 36.4 Å². The summed E-state index contributed by atoms with van der Waals surface area (Å²) < 4.78 is 7.35. The maximum atomic E-state index is 12.5. The maximum Gasteiger partial charge on any atom is 0.414 e. The van der Waals surface area contributed by atoms with Gasteiger partial charge in [-0.1, -0.05) is 12.1 Å². The predicted octanol–water partition coefficient (Wildman–Crippen LogP) is 2.50. The van der Waals surface area contributed by atoms with Gasteiger partial charge >= 0.3 is 6.09 Å². The Morgan fingerprint density at radius 3 is 3.00 bits per heavy atom. The molecule has 0 saturated carbocycles. The molecule has 4 heterocycles. The number of anilines is 2. The monoisotopic (exact) mass is 463 g/mol. The lowest BCUT2D eigenvalue weighted by Crippen LogP contribution is -2.29. The lowest BCUT2D eigenvalue weighted by molar-refractivity contribution is -0.113. The zero-order valence-electron chi connectivity index (χ0n) is 17.6. The summed E-state index contributed by atoms with van der Waals surface area (Å²) in [5.74, 6) is 0.360. The van der Waals surface area contributed by atoms with Gasteiger partial charge in [-0.2, -0.15) is 0 Å². The van der Waals surface area contributed by atoms with Gasteiger partial charge in [0.2, 0.25) is 5.91 Å². The van der Waals surface area contributed by atoms with Gasteiger partial charge in [-0.15, -0.1) is 11.8 Å². The summed E-state index contributed by atoms with van der Waals surface area (Å²) in [6.45, 7) is 1.65. The van der Waals surface area contributed by atoms with Crippen LogP contribution in [0.25, 0.3) is 11.0 Å². The van der Waals surface area contributed by atoms with E-state index >= 15 is 0 Å². The Kier molecular flexibility index (Phi) is 4.84. The number of carbonyl (C=O) groups is 2. The molecule has 3 aliphatic heterocycles. The summed E-state index contributed by atoms with van der Waals surface area (Å²) in [6, 6.07) is 11.5. The second-order valence-corrected chi connectivity index (χ2v) is 9.37. The third-order valence-corrected chi connectivity index (χ3v) is 7.35. The molecule has 10 heteroatoms. The van der Waals surface area contributed by atoms with Crippen molar-refractivity contribution in [1.82, 2.24) is 14.9 Å². The van der Waals surface area contributed by atoms with E-state index in [2.05, 4.69) is 15.6 Å². The van der Waals surface area contributed by atoms with Crippen LogP contribution in [0.5, 0.6) is 0 Å². The van der Waals surface area contributed by atoms with Gasteiger partial charge in [-0.25, -0.2) is 9.78 Å². The number of cyclic esters (lactones) is 1. The van der Waals surface area contributed by atoms with Crippen molar-refractivity contribution >= 4 is 46.2 Å². The van der Waals surface area contributed by atoms with Crippen LogP contribution in [0.15, 0.2) is 52.3 Å². The lowest BCUT2D eigenvalue weighted by atomic mass is 10.1. The summed E-state index contributed by atoms with van der Waals surface area (Å²) in [7, 11) is 0. The molecule has 9 nitrogen and oxygen atoms in total. The number of benzene rings is 2. The highest BCUT2D eigenvalue weighted by Crippen LogP contribution is 2.36. The normalized spacial score (nSPS) is 21.3. The molecular formula is C23H21N5O4S. The van der Waals surface area contributed by atoms with Crippen molar-refractivity contribution in [1.29, 1.82) is 0 Å². The summed E-state index contributed by atoms with van der Waals surface area (Å²) >= 11 is 1.49. The fraction of sp³-hybridized carbons (Fsp3) is 0.304. The van der Waals surface area contributed by atoms with E-state index in [0.29, 0.717) is 37.5 Å². The average Bonchev–Trinajstić information content (AvgIpc) is 3.38. The molecule has 2 N–H and O–H groups in total. The molecule has 2 amide bonds. The van der Waals surface area contributed by atoms with E-state index < -0.39 is 0 Å². The molecule has 0 radical (unpaired) electrons. The minimum Gasteiger partial charge on any atom is -0.444 e. The Bertz CT molecular complexity index is 1360. The largest absolute Gasteiger partial charge is 0.444 e. The standard InChI is InChI=1S/C23H21N5O4S/c29-20-12-33-19-5-4-13(8-17(19)26-20)27-10-14(32-23(27)31)6-7-24-18-11-28-21(30)9-25-16-3-1-2-15(18)22(16)28/h1-5,8-9,14,18,24H,6-7,10-12H2,(H,26,29)/t14-,18-/m1/s1. The van der Waals surface area contributed by atoms with Crippen LogP contribution < -0.4 is 21.1 Å². The van der Waals surface area contributed by atoms with Crippen molar-refractivity contribution in [3.63, 3.8) is 0 Å². The number of ether oxygens (including phenoxy) is 1. The van der Waals surface area contributed by atoms with Gasteiger partial charge in [0.25, 0.3) is 5.56 Å². The number of amides is 2. The minimum atomic E-state index is -0.384. The average molecular weight is 464 g/mol. The first kappa shape index (κ1) is 20.3. The topological polar surface area (TPSA) is 106 Å². The molecule has 2 atom stereocenters. The Hall–Kier alpha value is -3.37. The number of thioether (sulfide) groups is 1. The van der Waals surface area contributed by atoms with Crippen LogP contribution >= 0.6 is 11.8 Å². The SMILES string of the molecule is O=C1CSc2ccc(N3C[C@@H](CCN[C@@H]4Cn5c(=O)cnc6cccc4c65)OC3=O)cc2N1. The van der Waals surface area contributed by atoms with Crippen molar-refractivity contribution in [3.8, 4) is 0 Å². The first-order valence-electron chi connectivity index (χ1n) is 10.8. The van der Waals surface area contributed by atoms with E-state index in [4.69, 9.17) is 4.74 Å². The van der Waals surface area contributed by atoms with Crippen molar-refractivity contribution in [2.45, 2.75) is 30.0 Å². The van der Waals surface area contributed by atoms with Crippen molar-refractivity contribution in [3.05, 3.63) is 58.5 Å². The number of rotatable bonds is 5. The zero-order valence-corrected chi connectivity index (χ0v) is 18.4. The van der Waals surface area contributed by atoms with Gasteiger partial charge in [0.05, 0.1) is 41.3 Å². The van der Waals surface area contributed by atoms with Gasteiger partial charge < -0.3 is 19.9 Å². The summed E-state index contributed by atoms with van der Waals surface area (Å²) in [5.41, 5.74) is 4.11. The number of hydrogen-bond donors (Lipinski definition) is 2. The van der Waals surface area contributed by atoms with E-state index in [1.165, 1.54) is 18.0 Å². The minimum absolute atomic E-state index is 0.0144. The van der Waals surface area contributed by atoms with Crippen LogP contribution in [0.3, 0.4) is 0 Å². The fourth-order valence-electron chi connectivity index (χ4n) is 4.71. The molecule has 0 bridgehead atoms. The van der Waals surface area contributed by atoms with Crippen molar-refractivity contribution in [2.24, 2.45) is 0 Å². The molecule has 33 heavy (non-hydrogen) atoms. The van der Waals surface area contributed by atoms with E-state index in [-0.39, 0.29) is 29.7 Å². The molecule has 1 aromatic heterocycles. The van der Waals surface area contributed by atoms with Crippen molar-refractivity contribution in [2.75, 3.05) is 29.1 Å². The van der Waals surface area contributed by atoms with Gasteiger partial charge in [0.1, 0.15) is 6.10 Å². The molecule has 3 aliphatic rings. The van der Waals surface area contributed by atoms with E-state index in [1.54, 1.807) is 9.47 Å². The van der Waals surface area contributed by atoms with Crippen LogP contribution in [0, 0.1) is 0 Å². The number of para-hydroxylation sites is 1. The molecule has 6 rings (SSSR count). The molecule has 0 aliphatic carbocycles. The summed E-state index contributed by atoms with van der Waals surface area (Å²) in [5, 5.41) is 6.37. The second kappa shape index (κ2) is 7.89. The third-order valence-electron chi connectivity index (χ3n) is 6.28. The summed E-state index contributed by atoms with van der Waals surface area (Å²) in [6.07, 6.45) is 1.39. The highest BCUT2D eigenvalue weighted by atomic mass is 32.2. The number of carbonyl (C=O) groups excluding carboxylic acids is 2. The molecule has 0 unspecified atom stereocenters. The van der Waals surface area contributed by atoms with Gasteiger partial charge in [0, 0.05) is 17.1 Å². The molecule has 1 fully saturated rings. The van der Waals surface area contributed by atoms with Gasteiger partial charge in [-0.05, 0) is 42.8 Å². The van der Waals surface area contributed by atoms with Crippen LogP contribution in [-0.4, -0.2) is 46.5 Å². The van der Waals surface area contributed by atoms with Crippen LogP contribution in [0.4, 0.5) is 16.2 Å². The Morgan fingerprint density at radius 1 is 1.18 bits per heavy atom. The fourth-order valence-corrected chi connectivity index (χ4v) is 5.50. The van der Waals surface area contributed by atoms with Crippen molar-refractivity contribution < 1.29 is 14.3 Å². The Labute approximate surface area is 193 Å². The maximum absolute atomic E-state index is 12.5. The highest BCUT2D eigenvalue weighted by molar-refractivity contribution is 8.00. The molecule has 0 spiro atoms. The number of hydrogen-bond acceptors (Lipinski definition) is 7. The van der Waals surface area contributed by atoms with E-state index in [0.717, 1.165) is 27.2 Å².